The second-order valence-corrected chi connectivity index (χ2v) is 8.45. The van der Waals surface area contributed by atoms with Crippen LogP contribution in [0.1, 0.15) is 56.0 Å². The minimum Gasteiger partial charge on any atom is -0.444 e. The summed E-state index contributed by atoms with van der Waals surface area (Å²) in [6.45, 7) is 7.07. The minimum atomic E-state index is -4.53. The second-order valence-electron chi connectivity index (χ2n) is 8.45. The highest BCUT2D eigenvalue weighted by Gasteiger charge is 2.32. The summed E-state index contributed by atoms with van der Waals surface area (Å²) in [7, 11) is 0. The van der Waals surface area contributed by atoms with Crippen LogP contribution >= 0.6 is 0 Å². The van der Waals surface area contributed by atoms with Gasteiger partial charge in [-0.15, -0.1) is 0 Å². The standard InChI is InChI=1S/C24H23F3N2O4/c1-14(28-22(31)33-23(2,3)4)16-8-5-7-15(11-16)12-19-21(30)32-20(29-19)17-9-6-10-18(13-17)24(25,26)27/h5-14H,1-4H3,(H,28,31)/b19-12+/t14-/m0/s1. The van der Waals surface area contributed by atoms with Gasteiger partial charge in [-0.1, -0.05) is 24.3 Å². The predicted octanol–water partition coefficient (Wildman–Crippen LogP) is 5.64. The number of halogens is 3. The van der Waals surface area contributed by atoms with E-state index in [-0.39, 0.29) is 23.2 Å². The number of amides is 1. The van der Waals surface area contributed by atoms with Gasteiger partial charge in [0.05, 0.1) is 11.6 Å². The van der Waals surface area contributed by atoms with E-state index in [1.165, 1.54) is 18.2 Å². The maximum atomic E-state index is 13.0. The fraction of sp³-hybridized carbons (Fsp3) is 0.292. The van der Waals surface area contributed by atoms with Gasteiger partial charge < -0.3 is 14.8 Å². The van der Waals surface area contributed by atoms with Crippen LogP contribution in [0.25, 0.3) is 6.08 Å². The topological polar surface area (TPSA) is 77.0 Å². The Labute approximate surface area is 189 Å². The molecule has 1 aliphatic rings. The van der Waals surface area contributed by atoms with Crippen LogP contribution in [-0.2, 0) is 20.4 Å². The molecule has 0 fully saturated rings. The summed E-state index contributed by atoms with van der Waals surface area (Å²) < 4.78 is 49.2. The first-order valence-corrected chi connectivity index (χ1v) is 10.1. The number of carbonyl (C=O) groups excluding carboxylic acids is 2. The summed E-state index contributed by atoms with van der Waals surface area (Å²) in [5.74, 6) is -0.971. The lowest BCUT2D eigenvalue weighted by Crippen LogP contribution is -2.34. The molecule has 0 spiro atoms. The molecular weight excluding hydrogens is 437 g/mol. The van der Waals surface area contributed by atoms with Gasteiger partial charge in [0.25, 0.3) is 0 Å². The van der Waals surface area contributed by atoms with Crippen molar-refractivity contribution in [3.05, 3.63) is 76.5 Å². The largest absolute Gasteiger partial charge is 0.444 e. The minimum absolute atomic E-state index is 0.0468. The van der Waals surface area contributed by atoms with E-state index in [9.17, 15) is 22.8 Å². The van der Waals surface area contributed by atoms with Crippen molar-refractivity contribution in [2.45, 2.75) is 45.5 Å². The Bertz CT molecular complexity index is 1130. The summed E-state index contributed by atoms with van der Waals surface area (Å²) in [5, 5.41) is 2.74. The van der Waals surface area contributed by atoms with Crippen molar-refractivity contribution >= 4 is 24.0 Å². The van der Waals surface area contributed by atoms with Gasteiger partial charge in [-0.3, -0.25) is 0 Å². The van der Waals surface area contributed by atoms with E-state index in [1.54, 1.807) is 52.0 Å². The third-order valence-electron chi connectivity index (χ3n) is 4.50. The highest BCUT2D eigenvalue weighted by atomic mass is 19.4. The summed E-state index contributed by atoms with van der Waals surface area (Å²) >= 11 is 0. The van der Waals surface area contributed by atoms with Crippen LogP contribution in [0.4, 0.5) is 18.0 Å². The summed E-state index contributed by atoms with van der Waals surface area (Å²) in [6.07, 6.45) is -3.62. The number of aliphatic imine (C=N–C) groups is 1. The highest BCUT2D eigenvalue weighted by Crippen LogP contribution is 2.30. The lowest BCUT2D eigenvalue weighted by Gasteiger charge is -2.22. The first kappa shape index (κ1) is 24.0. The smallest absolute Gasteiger partial charge is 0.416 e. The van der Waals surface area contributed by atoms with E-state index in [1.807, 2.05) is 0 Å². The van der Waals surface area contributed by atoms with Gasteiger partial charge in [-0.05, 0) is 69.2 Å². The zero-order valence-corrected chi connectivity index (χ0v) is 18.5. The molecule has 0 saturated heterocycles. The lowest BCUT2D eigenvalue weighted by atomic mass is 10.0. The molecule has 1 amide bonds. The molecule has 9 heteroatoms. The van der Waals surface area contributed by atoms with Crippen LogP contribution in [0.2, 0.25) is 0 Å². The zero-order chi connectivity index (χ0) is 24.4. The van der Waals surface area contributed by atoms with Crippen LogP contribution in [0.5, 0.6) is 0 Å². The first-order chi connectivity index (χ1) is 15.3. The number of cyclic esters (lactones) is 1. The van der Waals surface area contributed by atoms with Crippen molar-refractivity contribution in [1.29, 1.82) is 0 Å². The van der Waals surface area contributed by atoms with Gasteiger partial charge in [0.1, 0.15) is 5.60 Å². The molecule has 6 nitrogen and oxygen atoms in total. The van der Waals surface area contributed by atoms with Crippen LogP contribution in [0.15, 0.2) is 59.2 Å². The number of nitrogens with zero attached hydrogens (tertiary/aromatic N) is 1. The van der Waals surface area contributed by atoms with Gasteiger partial charge in [-0.2, -0.15) is 13.2 Å². The molecular formula is C24H23F3N2O4. The van der Waals surface area contributed by atoms with Crippen molar-refractivity contribution in [2.24, 2.45) is 4.99 Å². The molecule has 1 N–H and O–H groups in total. The summed E-state index contributed by atoms with van der Waals surface area (Å²) in [6, 6.07) is 11.0. The molecule has 0 aromatic heterocycles. The Morgan fingerprint density at radius 1 is 1.12 bits per heavy atom. The molecule has 2 aromatic rings. The summed E-state index contributed by atoms with van der Waals surface area (Å²) in [5.41, 5.74) is -0.142. The SMILES string of the molecule is C[C@H](NC(=O)OC(C)(C)C)c1cccc(/C=C2/N=C(c3cccc(C(F)(F)F)c3)OC2=O)c1. The molecule has 0 radical (unpaired) electrons. The number of hydrogen-bond acceptors (Lipinski definition) is 5. The normalized spacial score (nSPS) is 16.3. The average molecular weight is 460 g/mol. The molecule has 1 heterocycles. The number of alkyl halides is 3. The molecule has 0 unspecified atom stereocenters. The number of alkyl carbamates (subject to hydrolysis) is 1. The number of carbonyl (C=O) groups is 2. The van der Waals surface area contributed by atoms with Crippen LogP contribution < -0.4 is 5.32 Å². The Kier molecular flexibility index (Phi) is 6.62. The number of rotatable bonds is 4. The highest BCUT2D eigenvalue weighted by molar-refractivity contribution is 6.12. The fourth-order valence-electron chi connectivity index (χ4n) is 3.00. The quantitative estimate of drug-likeness (QED) is 0.474. The molecule has 0 aliphatic carbocycles. The predicted molar refractivity (Wildman–Crippen MR) is 116 cm³/mol. The number of benzene rings is 2. The average Bonchev–Trinajstić information content (AvgIpc) is 3.06. The van der Waals surface area contributed by atoms with Crippen LogP contribution in [-0.4, -0.2) is 23.6 Å². The molecule has 1 aliphatic heterocycles. The Balaban J connectivity index is 1.80. The Hall–Kier alpha value is -3.62. The van der Waals surface area contributed by atoms with Gasteiger partial charge in [-0.25, -0.2) is 14.6 Å². The van der Waals surface area contributed by atoms with E-state index in [4.69, 9.17) is 9.47 Å². The molecule has 0 saturated carbocycles. The third-order valence-corrected chi connectivity index (χ3v) is 4.50. The monoisotopic (exact) mass is 460 g/mol. The van der Waals surface area contributed by atoms with Crippen molar-refractivity contribution in [2.75, 3.05) is 0 Å². The fourth-order valence-corrected chi connectivity index (χ4v) is 3.00. The number of hydrogen-bond donors (Lipinski definition) is 1. The van der Waals surface area contributed by atoms with Crippen LogP contribution in [0, 0.1) is 0 Å². The van der Waals surface area contributed by atoms with E-state index in [0.29, 0.717) is 5.56 Å². The maximum absolute atomic E-state index is 13.0. The number of esters is 1. The molecule has 0 bridgehead atoms. The second kappa shape index (κ2) is 9.09. The lowest BCUT2D eigenvalue weighted by molar-refractivity contribution is -0.137. The van der Waals surface area contributed by atoms with Crippen molar-refractivity contribution in [1.82, 2.24) is 5.32 Å². The molecule has 2 aromatic carbocycles. The molecule has 3 rings (SSSR count). The zero-order valence-electron chi connectivity index (χ0n) is 18.5. The first-order valence-electron chi connectivity index (χ1n) is 10.1. The van der Waals surface area contributed by atoms with E-state index in [0.717, 1.165) is 17.7 Å². The Morgan fingerprint density at radius 3 is 2.48 bits per heavy atom. The number of ether oxygens (including phenoxy) is 2. The third kappa shape index (κ3) is 6.44. The van der Waals surface area contributed by atoms with Crippen LogP contribution in [0.3, 0.4) is 0 Å². The molecule has 33 heavy (non-hydrogen) atoms. The van der Waals surface area contributed by atoms with Gasteiger partial charge in [0, 0.05) is 5.56 Å². The maximum Gasteiger partial charge on any atom is 0.416 e. The van der Waals surface area contributed by atoms with Crippen molar-refractivity contribution < 1.29 is 32.2 Å². The molecule has 174 valence electrons. The van der Waals surface area contributed by atoms with Crippen molar-refractivity contribution in [3.63, 3.8) is 0 Å². The van der Waals surface area contributed by atoms with Gasteiger partial charge in [0.2, 0.25) is 5.90 Å². The van der Waals surface area contributed by atoms with E-state index >= 15 is 0 Å². The van der Waals surface area contributed by atoms with E-state index in [2.05, 4.69) is 10.3 Å². The van der Waals surface area contributed by atoms with Crippen molar-refractivity contribution in [3.8, 4) is 0 Å². The van der Waals surface area contributed by atoms with E-state index < -0.39 is 29.4 Å². The number of nitrogens with one attached hydrogen (secondary N) is 1. The van der Waals surface area contributed by atoms with Gasteiger partial charge >= 0.3 is 18.2 Å². The molecule has 1 atom stereocenters. The Morgan fingerprint density at radius 2 is 1.82 bits per heavy atom. The summed E-state index contributed by atoms with van der Waals surface area (Å²) in [4.78, 5) is 28.3. The van der Waals surface area contributed by atoms with Gasteiger partial charge in [0.15, 0.2) is 5.70 Å².